The standard InChI is InChI=1S/C12H17F2O5P/c1-5-18-20(15,19-6-2)12-10(13)8(16-3)7-9(17-4)11(12)14/h7H,5-6H2,1-4H3. The minimum Gasteiger partial charge on any atom is -0.494 e. The molecule has 5 nitrogen and oxygen atoms in total. The van der Waals surface area contributed by atoms with Crippen LogP contribution in [-0.2, 0) is 13.6 Å². The largest absolute Gasteiger partial charge is 0.494 e. The van der Waals surface area contributed by atoms with E-state index in [1.54, 1.807) is 13.8 Å². The van der Waals surface area contributed by atoms with Crippen molar-refractivity contribution in [3.8, 4) is 11.5 Å². The Balaban J connectivity index is 3.58. The third kappa shape index (κ3) is 3.11. The average Bonchev–Trinajstić information content (AvgIpc) is 2.39. The highest BCUT2D eigenvalue weighted by Gasteiger charge is 2.37. The normalized spacial score (nSPS) is 11.5. The fraction of sp³-hybridized carbons (Fsp3) is 0.500. The lowest BCUT2D eigenvalue weighted by atomic mass is 10.3. The van der Waals surface area contributed by atoms with Crippen LogP contribution in [0.1, 0.15) is 13.8 Å². The predicted molar refractivity (Wildman–Crippen MR) is 70.0 cm³/mol. The molecular weight excluding hydrogens is 293 g/mol. The first kappa shape index (κ1) is 16.9. The van der Waals surface area contributed by atoms with Crippen LogP contribution in [-0.4, -0.2) is 27.4 Å². The monoisotopic (exact) mass is 310 g/mol. The average molecular weight is 310 g/mol. The molecule has 0 spiro atoms. The summed E-state index contributed by atoms with van der Waals surface area (Å²) >= 11 is 0. The van der Waals surface area contributed by atoms with E-state index in [1.165, 1.54) is 14.2 Å². The molecule has 1 aromatic rings. The number of benzene rings is 1. The summed E-state index contributed by atoms with van der Waals surface area (Å²) in [5.74, 6) is -2.87. The highest BCUT2D eigenvalue weighted by Crippen LogP contribution is 2.50. The van der Waals surface area contributed by atoms with Crippen LogP contribution in [0.5, 0.6) is 11.5 Å². The Kier molecular flexibility index (Phi) is 5.92. The van der Waals surface area contributed by atoms with Gasteiger partial charge in [-0.2, -0.15) is 0 Å². The highest BCUT2D eigenvalue weighted by atomic mass is 31.2. The van der Waals surface area contributed by atoms with Crippen molar-refractivity contribution in [1.29, 1.82) is 0 Å². The van der Waals surface area contributed by atoms with Crippen LogP contribution >= 0.6 is 7.60 Å². The second-order valence-corrected chi connectivity index (χ2v) is 5.55. The molecule has 0 saturated heterocycles. The summed E-state index contributed by atoms with van der Waals surface area (Å²) in [6.07, 6.45) is 0. The van der Waals surface area contributed by atoms with Gasteiger partial charge in [0, 0.05) is 6.07 Å². The van der Waals surface area contributed by atoms with Gasteiger partial charge in [0.2, 0.25) is 0 Å². The molecule has 0 N–H and O–H groups in total. The van der Waals surface area contributed by atoms with E-state index in [-0.39, 0.29) is 24.7 Å². The van der Waals surface area contributed by atoms with E-state index in [0.29, 0.717) is 0 Å². The SMILES string of the molecule is CCOP(=O)(OCC)c1c(F)c(OC)cc(OC)c1F. The lowest BCUT2D eigenvalue weighted by Gasteiger charge is -2.20. The number of ether oxygens (including phenoxy) is 2. The molecular formula is C12H17F2O5P. The summed E-state index contributed by atoms with van der Waals surface area (Å²) < 4.78 is 60.5. The molecule has 0 radical (unpaired) electrons. The van der Waals surface area contributed by atoms with E-state index in [4.69, 9.17) is 18.5 Å². The number of halogens is 2. The van der Waals surface area contributed by atoms with Gasteiger partial charge in [0.05, 0.1) is 27.4 Å². The summed E-state index contributed by atoms with van der Waals surface area (Å²) in [5, 5.41) is -0.808. The van der Waals surface area contributed by atoms with Gasteiger partial charge in [0.25, 0.3) is 0 Å². The first-order chi connectivity index (χ1) is 9.45. The van der Waals surface area contributed by atoms with Gasteiger partial charge in [-0.1, -0.05) is 0 Å². The minimum absolute atomic E-state index is 0.0321. The number of hydrogen-bond donors (Lipinski definition) is 0. The van der Waals surface area contributed by atoms with Gasteiger partial charge < -0.3 is 18.5 Å². The Labute approximate surface area is 116 Å². The highest BCUT2D eigenvalue weighted by molar-refractivity contribution is 7.62. The van der Waals surface area contributed by atoms with Crippen molar-refractivity contribution in [2.45, 2.75) is 13.8 Å². The molecule has 1 rings (SSSR count). The fourth-order valence-electron chi connectivity index (χ4n) is 1.62. The lowest BCUT2D eigenvalue weighted by Crippen LogP contribution is -2.20. The van der Waals surface area contributed by atoms with Crippen molar-refractivity contribution in [3.63, 3.8) is 0 Å². The van der Waals surface area contributed by atoms with Crippen molar-refractivity contribution in [3.05, 3.63) is 17.7 Å². The van der Waals surface area contributed by atoms with Gasteiger partial charge in [-0.3, -0.25) is 4.57 Å². The zero-order valence-electron chi connectivity index (χ0n) is 11.7. The lowest BCUT2D eigenvalue weighted by molar-refractivity contribution is 0.227. The second-order valence-electron chi connectivity index (χ2n) is 3.59. The Morgan fingerprint density at radius 2 is 1.40 bits per heavy atom. The molecule has 0 aliphatic heterocycles. The summed E-state index contributed by atoms with van der Waals surface area (Å²) in [5.41, 5.74) is 0. The van der Waals surface area contributed by atoms with Crippen LogP contribution in [0.15, 0.2) is 6.07 Å². The summed E-state index contributed by atoms with van der Waals surface area (Å²) in [4.78, 5) is 0. The predicted octanol–water partition coefficient (Wildman–Crippen LogP) is 2.87. The zero-order valence-corrected chi connectivity index (χ0v) is 12.6. The molecule has 8 heteroatoms. The van der Waals surface area contributed by atoms with E-state index in [9.17, 15) is 13.3 Å². The molecule has 0 amide bonds. The maximum atomic E-state index is 14.2. The van der Waals surface area contributed by atoms with Crippen LogP contribution in [0, 0.1) is 11.6 Å². The van der Waals surface area contributed by atoms with Crippen LogP contribution in [0.4, 0.5) is 8.78 Å². The maximum absolute atomic E-state index is 14.2. The van der Waals surface area contributed by atoms with Crippen molar-refractivity contribution >= 4 is 12.9 Å². The Morgan fingerprint density at radius 3 is 1.70 bits per heavy atom. The Hall–Kier alpha value is -1.17. The van der Waals surface area contributed by atoms with Gasteiger partial charge in [-0.05, 0) is 13.8 Å². The molecule has 0 unspecified atom stereocenters. The van der Waals surface area contributed by atoms with Crippen molar-refractivity contribution < 1.29 is 31.9 Å². The first-order valence-corrected chi connectivity index (χ1v) is 7.49. The molecule has 0 saturated carbocycles. The molecule has 0 fully saturated rings. The van der Waals surface area contributed by atoms with Crippen LogP contribution in [0.3, 0.4) is 0 Å². The van der Waals surface area contributed by atoms with E-state index < -0.39 is 24.5 Å². The molecule has 0 bridgehead atoms. The van der Waals surface area contributed by atoms with Gasteiger partial charge in [0.1, 0.15) is 5.30 Å². The number of rotatable bonds is 7. The number of methoxy groups -OCH3 is 2. The zero-order chi connectivity index (χ0) is 15.3. The Bertz CT molecular complexity index is 483. The topological polar surface area (TPSA) is 54.0 Å². The van der Waals surface area contributed by atoms with Gasteiger partial charge in [-0.25, -0.2) is 8.78 Å². The van der Waals surface area contributed by atoms with E-state index >= 15 is 0 Å². The number of hydrogen-bond acceptors (Lipinski definition) is 5. The van der Waals surface area contributed by atoms with Crippen molar-refractivity contribution in [2.24, 2.45) is 0 Å². The van der Waals surface area contributed by atoms with Crippen molar-refractivity contribution in [2.75, 3.05) is 27.4 Å². The fourth-order valence-corrected chi connectivity index (χ4v) is 3.33. The summed E-state index contributed by atoms with van der Waals surface area (Å²) in [7, 11) is -1.74. The first-order valence-electron chi connectivity index (χ1n) is 5.94. The summed E-state index contributed by atoms with van der Waals surface area (Å²) in [6.45, 7) is 3.02. The molecule has 0 aliphatic carbocycles. The van der Waals surface area contributed by atoms with E-state index in [1.807, 2.05) is 0 Å². The molecule has 1 aromatic carbocycles. The molecule has 0 heterocycles. The molecule has 114 valence electrons. The van der Waals surface area contributed by atoms with Gasteiger partial charge in [0.15, 0.2) is 23.1 Å². The maximum Gasteiger partial charge on any atom is 0.367 e. The summed E-state index contributed by atoms with van der Waals surface area (Å²) in [6, 6.07) is 1.02. The Morgan fingerprint density at radius 1 is 1.00 bits per heavy atom. The van der Waals surface area contributed by atoms with E-state index in [0.717, 1.165) is 6.07 Å². The molecule has 0 atom stereocenters. The van der Waals surface area contributed by atoms with E-state index in [2.05, 4.69) is 0 Å². The van der Waals surface area contributed by atoms with Crippen LogP contribution in [0.25, 0.3) is 0 Å². The molecule has 0 aromatic heterocycles. The minimum atomic E-state index is -4.14. The van der Waals surface area contributed by atoms with Gasteiger partial charge >= 0.3 is 7.60 Å². The van der Waals surface area contributed by atoms with Crippen LogP contribution in [0.2, 0.25) is 0 Å². The van der Waals surface area contributed by atoms with Gasteiger partial charge in [-0.15, -0.1) is 0 Å². The molecule has 20 heavy (non-hydrogen) atoms. The van der Waals surface area contributed by atoms with Crippen molar-refractivity contribution in [1.82, 2.24) is 0 Å². The second kappa shape index (κ2) is 7.02. The third-order valence-electron chi connectivity index (χ3n) is 2.42. The smallest absolute Gasteiger partial charge is 0.367 e. The van der Waals surface area contributed by atoms with Crippen LogP contribution < -0.4 is 14.8 Å². The quantitative estimate of drug-likeness (QED) is 0.725. The third-order valence-corrected chi connectivity index (χ3v) is 4.56. The molecule has 0 aliphatic rings.